The molecule has 0 aliphatic carbocycles. The van der Waals surface area contributed by atoms with Gasteiger partial charge < -0.3 is 23.7 Å². The average Bonchev–Trinajstić information content (AvgIpc) is 3.27. The fourth-order valence-electron chi connectivity index (χ4n) is 2.81. The highest BCUT2D eigenvalue weighted by molar-refractivity contribution is 6.30. The van der Waals surface area contributed by atoms with Crippen LogP contribution in [0.1, 0.15) is 11.9 Å². The molecule has 0 radical (unpaired) electrons. The third-order valence-electron chi connectivity index (χ3n) is 3.90. The lowest BCUT2D eigenvalue weighted by molar-refractivity contribution is -0.304. The van der Waals surface area contributed by atoms with Crippen LogP contribution in [0, 0.1) is 0 Å². The van der Waals surface area contributed by atoms with E-state index in [1.165, 1.54) is 0 Å². The molecule has 3 saturated heterocycles. The second-order valence-electron chi connectivity index (χ2n) is 5.16. The minimum atomic E-state index is -0.402. The quantitative estimate of drug-likeness (QED) is 0.781. The van der Waals surface area contributed by atoms with Gasteiger partial charge in [-0.15, -0.1) is 0 Å². The van der Waals surface area contributed by atoms with Crippen molar-refractivity contribution in [1.82, 2.24) is 0 Å². The Balaban J connectivity index is 1.49. The molecule has 3 aliphatic rings. The SMILES string of the molecule is COC1OC2COC(c3ccc(Cl)cc3)OC2C2OC12. The zero-order valence-electron chi connectivity index (χ0n) is 10.9. The molecule has 1 aromatic carbocycles. The van der Waals surface area contributed by atoms with Crippen LogP contribution in [0.15, 0.2) is 24.3 Å². The molecule has 4 rings (SSSR count). The van der Waals surface area contributed by atoms with E-state index in [0.29, 0.717) is 11.6 Å². The first-order valence-corrected chi connectivity index (χ1v) is 7.00. The van der Waals surface area contributed by atoms with Crippen LogP contribution in [0.4, 0.5) is 0 Å². The fourth-order valence-corrected chi connectivity index (χ4v) is 2.93. The topological polar surface area (TPSA) is 49.5 Å². The number of hydrogen-bond acceptors (Lipinski definition) is 5. The van der Waals surface area contributed by atoms with Gasteiger partial charge in [0.25, 0.3) is 0 Å². The predicted molar refractivity (Wildman–Crippen MR) is 69.3 cm³/mol. The molecule has 5 nitrogen and oxygen atoms in total. The maximum Gasteiger partial charge on any atom is 0.186 e. The van der Waals surface area contributed by atoms with Gasteiger partial charge in [-0.3, -0.25) is 0 Å². The maximum absolute atomic E-state index is 5.99. The zero-order chi connectivity index (χ0) is 13.7. The Morgan fingerprint density at radius 3 is 2.60 bits per heavy atom. The number of methoxy groups -OCH3 is 1. The number of epoxide rings is 1. The Morgan fingerprint density at radius 1 is 1.05 bits per heavy atom. The molecule has 3 heterocycles. The fraction of sp³-hybridized carbons (Fsp3) is 0.571. The van der Waals surface area contributed by atoms with Crippen LogP contribution >= 0.6 is 11.6 Å². The van der Waals surface area contributed by atoms with Crippen molar-refractivity contribution in [2.24, 2.45) is 0 Å². The first-order chi connectivity index (χ1) is 9.76. The Kier molecular flexibility index (Phi) is 3.22. The second-order valence-corrected chi connectivity index (χ2v) is 5.60. The predicted octanol–water partition coefficient (Wildman–Crippen LogP) is 1.89. The first-order valence-electron chi connectivity index (χ1n) is 6.62. The van der Waals surface area contributed by atoms with Crippen molar-refractivity contribution in [3.8, 4) is 0 Å². The van der Waals surface area contributed by atoms with Gasteiger partial charge in [-0.1, -0.05) is 23.7 Å². The van der Waals surface area contributed by atoms with Crippen LogP contribution in [-0.4, -0.2) is 44.4 Å². The lowest BCUT2D eigenvalue weighted by atomic mass is 10.0. The van der Waals surface area contributed by atoms with Crippen LogP contribution in [0.25, 0.3) is 0 Å². The molecule has 6 atom stereocenters. The summed E-state index contributed by atoms with van der Waals surface area (Å²) in [5.41, 5.74) is 0.943. The molecule has 0 amide bonds. The van der Waals surface area contributed by atoms with Crippen LogP contribution < -0.4 is 0 Å². The van der Waals surface area contributed by atoms with Crippen molar-refractivity contribution >= 4 is 11.6 Å². The molecule has 0 bridgehead atoms. The molecule has 0 spiro atoms. The average molecular weight is 299 g/mol. The summed E-state index contributed by atoms with van der Waals surface area (Å²) in [5, 5.41) is 0.692. The van der Waals surface area contributed by atoms with Crippen molar-refractivity contribution in [3.05, 3.63) is 34.9 Å². The number of ether oxygens (including phenoxy) is 5. The van der Waals surface area contributed by atoms with E-state index in [1.807, 2.05) is 24.3 Å². The summed E-state index contributed by atoms with van der Waals surface area (Å²) >= 11 is 5.89. The second kappa shape index (κ2) is 4.94. The van der Waals surface area contributed by atoms with Gasteiger partial charge in [-0.05, 0) is 12.1 Å². The van der Waals surface area contributed by atoms with Gasteiger partial charge in [0.2, 0.25) is 0 Å². The number of fused-ring (bicyclic) bond motifs is 3. The van der Waals surface area contributed by atoms with Crippen molar-refractivity contribution in [2.75, 3.05) is 13.7 Å². The molecular weight excluding hydrogens is 284 g/mol. The molecule has 20 heavy (non-hydrogen) atoms. The summed E-state index contributed by atoms with van der Waals surface area (Å²) in [4.78, 5) is 0. The van der Waals surface area contributed by atoms with Crippen LogP contribution in [0.2, 0.25) is 5.02 Å². The van der Waals surface area contributed by atoms with E-state index in [9.17, 15) is 0 Å². The normalized spacial score (nSPS) is 42.7. The molecule has 3 aliphatic heterocycles. The molecule has 0 N–H and O–H groups in total. The van der Waals surface area contributed by atoms with Crippen molar-refractivity contribution in [1.29, 1.82) is 0 Å². The van der Waals surface area contributed by atoms with Gasteiger partial charge in [-0.2, -0.15) is 0 Å². The minimum Gasteiger partial charge on any atom is -0.361 e. The summed E-state index contributed by atoms with van der Waals surface area (Å²) < 4.78 is 28.4. The maximum atomic E-state index is 5.99. The van der Waals surface area contributed by atoms with E-state index in [-0.39, 0.29) is 30.7 Å². The van der Waals surface area contributed by atoms with E-state index in [2.05, 4.69) is 0 Å². The summed E-state index contributed by atoms with van der Waals surface area (Å²) in [7, 11) is 1.62. The van der Waals surface area contributed by atoms with E-state index in [1.54, 1.807) is 7.11 Å². The highest BCUT2D eigenvalue weighted by atomic mass is 35.5. The highest BCUT2D eigenvalue weighted by Crippen LogP contribution is 2.43. The standard InChI is InChI=1S/C14H15ClO5/c1-16-14-12-11(19-12)10-9(18-14)6-17-13(20-10)7-2-4-8(15)5-3-7/h2-5,9-14H,6H2,1H3. The number of benzene rings is 1. The molecule has 3 fully saturated rings. The van der Waals surface area contributed by atoms with E-state index >= 15 is 0 Å². The summed E-state index contributed by atoms with van der Waals surface area (Å²) in [6, 6.07) is 7.45. The van der Waals surface area contributed by atoms with Crippen molar-refractivity contribution in [2.45, 2.75) is 37.0 Å². The molecule has 0 aromatic heterocycles. The van der Waals surface area contributed by atoms with Gasteiger partial charge in [0.15, 0.2) is 12.6 Å². The molecule has 6 unspecified atom stereocenters. The third-order valence-corrected chi connectivity index (χ3v) is 4.15. The van der Waals surface area contributed by atoms with Gasteiger partial charge >= 0.3 is 0 Å². The molecular formula is C14H15ClO5. The smallest absolute Gasteiger partial charge is 0.186 e. The number of hydrogen-bond donors (Lipinski definition) is 0. The third kappa shape index (κ3) is 2.15. The number of halogens is 1. The van der Waals surface area contributed by atoms with Crippen LogP contribution in [-0.2, 0) is 23.7 Å². The van der Waals surface area contributed by atoms with Crippen LogP contribution in [0.5, 0.6) is 0 Å². The highest BCUT2D eigenvalue weighted by Gasteiger charge is 2.60. The van der Waals surface area contributed by atoms with E-state index in [0.717, 1.165) is 5.56 Å². The van der Waals surface area contributed by atoms with Gasteiger partial charge in [0, 0.05) is 17.7 Å². The summed E-state index contributed by atoms with van der Waals surface area (Å²) in [5.74, 6) is 0. The van der Waals surface area contributed by atoms with Crippen LogP contribution in [0.3, 0.4) is 0 Å². The van der Waals surface area contributed by atoms with Crippen molar-refractivity contribution in [3.63, 3.8) is 0 Å². The monoisotopic (exact) mass is 298 g/mol. The Bertz CT molecular complexity index is 493. The lowest BCUT2D eigenvalue weighted by Crippen LogP contribution is -2.52. The minimum absolute atomic E-state index is 0.0229. The van der Waals surface area contributed by atoms with Crippen molar-refractivity contribution < 1.29 is 23.7 Å². The Labute approximate surface area is 121 Å². The van der Waals surface area contributed by atoms with Gasteiger partial charge in [-0.25, -0.2) is 0 Å². The molecule has 6 heteroatoms. The Morgan fingerprint density at radius 2 is 1.85 bits per heavy atom. The summed E-state index contributed by atoms with van der Waals surface area (Å²) in [6.07, 6.45) is -0.961. The van der Waals surface area contributed by atoms with Gasteiger partial charge in [0.05, 0.1) is 6.61 Å². The molecule has 0 saturated carbocycles. The zero-order valence-corrected chi connectivity index (χ0v) is 11.7. The number of rotatable bonds is 2. The first kappa shape index (κ1) is 13.0. The largest absolute Gasteiger partial charge is 0.361 e. The van der Waals surface area contributed by atoms with E-state index in [4.69, 9.17) is 35.3 Å². The molecule has 108 valence electrons. The summed E-state index contributed by atoms with van der Waals surface area (Å²) in [6.45, 7) is 0.463. The molecule has 1 aromatic rings. The lowest BCUT2D eigenvalue weighted by Gasteiger charge is -2.39. The van der Waals surface area contributed by atoms with Gasteiger partial charge in [0.1, 0.15) is 24.4 Å². The van der Waals surface area contributed by atoms with E-state index < -0.39 is 6.29 Å². The Hall–Kier alpha value is -0.690.